The molecule has 2 fully saturated rings. The van der Waals surface area contributed by atoms with Crippen molar-refractivity contribution in [1.29, 1.82) is 0 Å². The van der Waals surface area contributed by atoms with Gasteiger partial charge in [-0.25, -0.2) is 0 Å². The van der Waals surface area contributed by atoms with Gasteiger partial charge in [-0.2, -0.15) is 4.98 Å². The van der Waals surface area contributed by atoms with Gasteiger partial charge in [-0.1, -0.05) is 5.16 Å². The Bertz CT molecular complexity index is 718. The molecule has 6 nitrogen and oxygen atoms in total. The first kappa shape index (κ1) is 15.4. The van der Waals surface area contributed by atoms with Crippen LogP contribution in [0.15, 0.2) is 22.7 Å². The Morgan fingerprint density at radius 1 is 1.17 bits per heavy atom. The van der Waals surface area contributed by atoms with Crippen LogP contribution in [-0.4, -0.2) is 23.4 Å². The molecule has 0 radical (unpaired) electrons. The summed E-state index contributed by atoms with van der Waals surface area (Å²) in [5, 5.41) is 4.06. The summed E-state index contributed by atoms with van der Waals surface area (Å²) in [5.74, 6) is 2.51. The Kier molecular flexibility index (Phi) is 3.92. The number of rotatable bonds is 5. The van der Waals surface area contributed by atoms with Crippen molar-refractivity contribution in [3.05, 3.63) is 24.0 Å². The van der Waals surface area contributed by atoms with Gasteiger partial charge in [0.2, 0.25) is 0 Å². The van der Waals surface area contributed by atoms with Crippen molar-refractivity contribution in [2.75, 3.05) is 7.11 Å². The summed E-state index contributed by atoms with van der Waals surface area (Å²) in [6.45, 7) is 0. The second-order valence-electron chi connectivity index (χ2n) is 6.82. The van der Waals surface area contributed by atoms with E-state index in [-0.39, 0.29) is 6.10 Å². The summed E-state index contributed by atoms with van der Waals surface area (Å²) in [6.07, 6.45) is 7.89. The van der Waals surface area contributed by atoms with E-state index in [1.54, 1.807) is 7.11 Å². The van der Waals surface area contributed by atoms with Gasteiger partial charge in [-0.05, 0) is 63.1 Å². The molecule has 1 aromatic heterocycles. The highest BCUT2D eigenvalue weighted by Gasteiger charge is 2.39. The van der Waals surface area contributed by atoms with Crippen LogP contribution in [0.5, 0.6) is 11.5 Å². The van der Waals surface area contributed by atoms with Gasteiger partial charge in [0.15, 0.2) is 17.3 Å². The Morgan fingerprint density at radius 3 is 2.62 bits per heavy atom. The Morgan fingerprint density at radius 2 is 1.96 bits per heavy atom. The first-order valence-corrected chi connectivity index (χ1v) is 8.66. The molecule has 2 aliphatic rings. The third-order valence-electron chi connectivity index (χ3n) is 5.12. The van der Waals surface area contributed by atoms with E-state index >= 15 is 0 Å². The lowest BCUT2D eigenvalue weighted by Gasteiger charge is -2.34. The summed E-state index contributed by atoms with van der Waals surface area (Å²) in [4.78, 5) is 4.48. The lowest BCUT2D eigenvalue weighted by Crippen LogP contribution is -2.44. The molecule has 6 heteroatoms. The smallest absolute Gasteiger partial charge is 0.258 e. The van der Waals surface area contributed by atoms with E-state index in [0.717, 1.165) is 43.4 Å². The number of hydrogen-bond donors (Lipinski definition) is 1. The fourth-order valence-electron chi connectivity index (χ4n) is 3.41. The molecule has 24 heavy (non-hydrogen) atoms. The predicted octanol–water partition coefficient (Wildman–Crippen LogP) is 3.40. The first-order valence-electron chi connectivity index (χ1n) is 8.66. The number of methoxy groups -OCH3 is 1. The van der Waals surface area contributed by atoms with Crippen LogP contribution in [0, 0.1) is 0 Å². The highest BCUT2D eigenvalue weighted by Crippen LogP contribution is 2.39. The maximum absolute atomic E-state index is 6.26. The van der Waals surface area contributed by atoms with Crippen molar-refractivity contribution in [3.63, 3.8) is 0 Å². The summed E-state index contributed by atoms with van der Waals surface area (Å²) in [6, 6.07) is 5.72. The molecule has 1 heterocycles. The van der Waals surface area contributed by atoms with Crippen LogP contribution in [0.4, 0.5) is 0 Å². The lowest BCUT2D eigenvalue weighted by molar-refractivity contribution is 0.201. The molecule has 2 saturated carbocycles. The maximum atomic E-state index is 6.26. The summed E-state index contributed by atoms with van der Waals surface area (Å²) >= 11 is 0. The Hall–Kier alpha value is -2.08. The van der Waals surface area contributed by atoms with Crippen molar-refractivity contribution < 1.29 is 14.0 Å². The van der Waals surface area contributed by atoms with Crippen LogP contribution < -0.4 is 15.2 Å². The number of nitrogens with two attached hydrogens (primary N) is 1. The molecule has 2 aromatic rings. The van der Waals surface area contributed by atoms with E-state index in [1.807, 2.05) is 18.2 Å². The molecule has 0 unspecified atom stereocenters. The number of ether oxygens (including phenoxy) is 2. The molecule has 2 N–H and O–H groups in total. The average Bonchev–Trinajstić information content (AvgIpc) is 3.24. The third kappa shape index (κ3) is 2.75. The molecule has 0 atom stereocenters. The zero-order valence-corrected chi connectivity index (χ0v) is 14.0. The van der Waals surface area contributed by atoms with E-state index in [4.69, 9.17) is 19.7 Å². The summed E-state index contributed by atoms with van der Waals surface area (Å²) < 4.78 is 17.0. The van der Waals surface area contributed by atoms with E-state index in [1.165, 1.54) is 12.8 Å². The zero-order chi connectivity index (χ0) is 16.6. The lowest BCUT2D eigenvalue weighted by atomic mass is 9.77. The van der Waals surface area contributed by atoms with Crippen LogP contribution in [0.2, 0.25) is 0 Å². The van der Waals surface area contributed by atoms with Crippen LogP contribution >= 0.6 is 0 Å². The second kappa shape index (κ2) is 6.09. The molecule has 128 valence electrons. The number of hydrogen-bond acceptors (Lipinski definition) is 6. The molecule has 1 aromatic carbocycles. The molecule has 4 rings (SSSR count). The van der Waals surface area contributed by atoms with Crippen LogP contribution in [-0.2, 0) is 5.54 Å². The maximum Gasteiger partial charge on any atom is 0.258 e. The van der Waals surface area contributed by atoms with Crippen molar-refractivity contribution >= 4 is 0 Å². The minimum Gasteiger partial charge on any atom is -0.493 e. The molecule has 0 saturated heterocycles. The standard InChI is InChI=1S/C18H23N3O3/c1-22-15-11-12(7-8-14(15)23-13-5-2-3-6-13)16-20-17(21-24-16)18(19)9-4-10-18/h7-8,11,13H,2-6,9-10,19H2,1H3. The Balaban J connectivity index is 1.57. The topological polar surface area (TPSA) is 83.4 Å². The normalized spacial score (nSPS) is 19.9. The molecule has 0 bridgehead atoms. The number of nitrogens with zero attached hydrogens (tertiary/aromatic N) is 2. The van der Waals surface area contributed by atoms with Gasteiger partial charge in [0, 0.05) is 5.56 Å². The minimum atomic E-state index is -0.419. The van der Waals surface area contributed by atoms with Crippen molar-refractivity contribution in [2.45, 2.75) is 56.6 Å². The quantitative estimate of drug-likeness (QED) is 0.905. The predicted molar refractivity (Wildman–Crippen MR) is 88.9 cm³/mol. The third-order valence-corrected chi connectivity index (χ3v) is 5.12. The highest BCUT2D eigenvalue weighted by molar-refractivity contribution is 5.59. The van der Waals surface area contributed by atoms with Gasteiger partial charge >= 0.3 is 0 Å². The molecule has 0 spiro atoms. The van der Waals surface area contributed by atoms with Crippen molar-refractivity contribution in [3.8, 4) is 23.0 Å². The van der Waals surface area contributed by atoms with Crippen LogP contribution in [0.3, 0.4) is 0 Å². The molecule has 0 amide bonds. The van der Waals surface area contributed by atoms with Gasteiger partial charge in [-0.15, -0.1) is 0 Å². The fourth-order valence-corrected chi connectivity index (χ4v) is 3.41. The van der Waals surface area contributed by atoms with Crippen LogP contribution in [0.25, 0.3) is 11.5 Å². The zero-order valence-electron chi connectivity index (χ0n) is 14.0. The summed E-state index contributed by atoms with van der Waals surface area (Å²) in [7, 11) is 1.64. The molecular weight excluding hydrogens is 306 g/mol. The largest absolute Gasteiger partial charge is 0.493 e. The molecule has 0 aliphatic heterocycles. The van der Waals surface area contributed by atoms with E-state index < -0.39 is 5.54 Å². The highest BCUT2D eigenvalue weighted by atomic mass is 16.5. The minimum absolute atomic E-state index is 0.287. The molecular formula is C18H23N3O3. The van der Waals surface area contributed by atoms with E-state index in [0.29, 0.717) is 17.5 Å². The second-order valence-corrected chi connectivity index (χ2v) is 6.82. The van der Waals surface area contributed by atoms with Crippen LogP contribution in [0.1, 0.15) is 50.8 Å². The van der Waals surface area contributed by atoms with Gasteiger partial charge in [0.1, 0.15) is 0 Å². The van der Waals surface area contributed by atoms with Gasteiger partial charge in [0.05, 0.1) is 18.8 Å². The van der Waals surface area contributed by atoms with E-state index in [9.17, 15) is 0 Å². The molecule has 2 aliphatic carbocycles. The first-order chi connectivity index (χ1) is 11.7. The Labute approximate surface area is 141 Å². The van der Waals surface area contributed by atoms with Gasteiger partial charge in [0.25, 0.3) is 5.89 Å². The monoisotopic (exact) mass is 329 g/mol. The van der Waals surface area contributed by atoms with Crippen molar-refractivity contribution in [2.24, 2.45) is 5.73 Å². The van der Waals surface area contributed by atoms with Gasteiger partial charge in [-0.3, -0.25) is 0 Å². The van der Waals surface area contributed by atoms with E-state index in [2.05, 4.69) is 10.1 Å². The average molecular weight is 329 g/mol. The fraction of sp³-hybridized carbons (Fsp3) is 0.556. The van der Waals surface area contributed by atoms with Crippen molar-refractivity contribution in [1.82, 2.24) is 10.1 Å². The summed E-state index contributed by atoms with van der Waals surface area (Å²) in [5.41, 5.74) is 6.65. The number of aromatic nitrogens is 2. The van der Waals surface area contributed by atoms with Gasteiger partial charge < -0.3 is 19.7 Å². The number of benzene rings is 1. The SMILES string of the molecule is COc1cc(-c2nc(C3(N)CCC3)no2)ccc1OC1CCCC1.